The van der Waals surface area contributed by atoms with Gasteiger partial charge in [-0.15, -0.1) is 11.6 Å². The van der Waals surface area contributed by atoms with Crippen LogP contribution in [0, 0.1) is 0 Å². The van der Waals surface area contributed by atoms with Crippen molar-refractivity contribution in [2.75, 3.05) is 12.5 Å². The smallest absolute Gasteiger partial charge is 0.115 e. The monoisotopic (exact) mass is 290 g/mol. The molecule has 4 heteroatoms. The Labute approximate surface area is 102 Å². The van der Waals surface area contributed by atoms with E-state index < -0.39 is 0 Å². The molecule has 1 aromatic rings. The summed E-state index contributed by atoms with van der Waals surface area (Å²) in [6, 6.07) is 5.39. The Kier molecular flexibility index (Phi) is 3.54. The van der Waals surface area contributed by atoms with E-state index in [4.69, 9.17) is 16.3 Å². The number of aromatic hydroxyl groups is 1. The zero-order valence-electron chi connectivity index (χ0n) is 8.12. The maximum Gasteiger partial charge on any atom is 0.115 e. The SMILES string of the molecule is Oc1ccc2c(c1)C(Br)COC2CCCl. The van der Waals surface area contributed by atoms with E-state index in [-0.39, 0.29) is 10.9 Å². The van der Waals surface area contributed by atoms with Crippen molar-refractivity contribution in [1.29, 1.82) is 0 Å². The van der Waals surface area contributed by atoms with Crippen molar-refractivity contribution in [3.8, 4) is 5.75 Å². The van der Waals surface area contributed by atoms with Gasteiger partial charge in [0.25, 0.3) is 0 Å². The van der Waals surface area contributed by atoms with Crippen LogP contribution in [0.3, 0.4) is 0 Å². The number of benzene rings is 1. The summed E-state index contributed by atoms with van der Waals surface area (Å²) in [6.45, 7) is 0.623. The lowest BCUT2D eigenvalue weighted by molar-refractivity contribution is 0.0398. The van der Waals surface area contributed by atoms with Gasteiger partial charge in [-0.25, -0.2) is 0 Å². The highest BCUT2D eigenvalue weighted by Gasteiger charge is 2.26. The van der Waals surface area contributed by atoms with E-state index in [9.17, 15) is 5.11 Å². The molecule has 1 aromatic carbocycles. The number of fused-ring (bicyclic) bond motifs is 1. The zero-order chi connectivity index (χ0) is 10.8. The van der Waals surface area contributed by atoms with Crippen molar-refractivity contribution in [2.45, 2.75) is 17.4 Å². The number of ether oxygens (including phenoxy) is 1. The van der Waals surface area contributed by atoms with E-state index in [1.54, 1.807) is 12.1 Å². The van der Waals surface area contributed by atoms with Gasteiger partial charge in [-0.1, -0.05) is 22.0 Å². The van der Waals surface area contributed by atoms with Crippen LogP contribution < -0.4 is 0 Å². The van der Waals surface area contributed by atoms with Gasteiger partial charge in [-0.3, -0.25) is 0 Å². The quantitative estimate of drug-likeness (QED) is 0.845. The van der Waals surface area contributed by atoms with Crippen LogP contribution in [0.15, 0.2) is 18.2 Å². The summed E-state index contributed by atoms with van der Waals surface area (Å²) in [4.78, 5) is 0.158. The van der Waals surface area contributed by atoms with Crippen molar-refractivity contribution in [2.24, 2.45) is 0 Å². The summed E-state index contributed by atoms with van der Waals surface area (Å²) in [7, 11) is 0. The summed E-state index contributed by atoms with van der Waals surface area (Å²) in [6.07, 6.45) is 0.867. The highest BCUT2D eigenvalue weighted by Crippen LogP contribution is 2.40. The molecule has 2 nitrogen and oxygen atoms in total. The molecular formula is C11H12BrClO2. The van der Waals surface area contributed by atoms with Gasteiger partial charge in [0.15, 0.2) is 0 Å². The highest BCUT2D eigenvalue weighted by molar-refractivity contribution is 9.09. The molecule has 0 amide bonds. The molecule has 0 saturated carbocycles. The van der Waals surface area contributed by atoms with E-state index >= 15 is 0 Å². The third-order valence-corrected chi connectivity index (χ3v) is 3.55. The molecule has 1 aliphatic rings. The van der Waals surface area contributed by atoms with Crippen LogP contribution in [0.5, 0.6) is 5.75 Å². The number of phenolic OH excluding ortho intramolecular Hbond substituents is 1. The van der Waals surface area contributed by atoms with Crippen LogP contribution in [0.25, 0.3) is 0 Å². The van der Waals surface area contributed by atoms with E-state index in [1.807, 2.05) is 6.07 Å². The Morgan fingerprint density at radius 2 is 2.27 bits per heavy atom. The molecule has 15 heavy (non-hydrogen) atoms. The number of phenols is 1. The van der Waals surface area contributed by atoms with Gasteiger partial charge in [-0.2, -0.15) is 0 Å². The van der Waals surface area contributed by atoms with Crippen molar-refractivity contribution < 1.29 is 9.84 Å². The second-order valence-electron chi connectivity index (χ2n) is 3.58. The van der Waals surface area contributed by atoms with Crippen LogP contribution in [0.2, 0.25) is 0 Å². The highest BCUT2D eigenvalue weighted by atomic mass is 79.9. The predicted molar refractivity (Wildman–Crippen MR) is 63.8 cm³/mol. The molecule has 0 aromatic heterocycles. The summed E-state index contributed by atoms with van der Waals surface area (Å²) in [5, 5.41) is 9.43. The first kappa shape index (κ1) is 11.2. The third-order valence-electron chi connectivity index (χ3n) is 2.57. The van der Waals surface area contributed by atoms with E-state index in [2.05, 4.69) is 15.9 Å². The van der Waals surface area contributed by atoms with Crippen molar-refractivity contribution >= 4 is 27.5 Å². The molecule has 0 aliphatic carbocycles. The minimum atomic E-state index is 0.0619. The minimum Gasteiger partial charge on any atom is -0.508 e. The van der Waals surface area contributed by atoms with Gasteiger partial charge < -0.3 is 9.84 Å². The van der Waals surface area contributed by atoms with Crippen LogP contribution in [0.1, 0.15) is 28.5 Å². The number of hydrogen-bond donors (Lipinski definition) is 1. The number of hydrogen-bond acceptors (Lipinski definition) is 2. The van der Waals surface area contributed by atoms with Crippen molar-refractivity contribution in [1.82, 2.24) is 0 Å². The molecule has 82 valence electrons. The van der Waals surface area contributed by atoms with Gasteiger partial charge in [0.05, 0.1) is 17.5 Å². The lowest BCUT2D eigenvalue weighted by Gasteiger charge is -2.29. The summed E-state index contributed by atoms with van der Waals surface area (Å²) in [5.74, 6) is 0.877. The fourth-order valence-corrected chi connectivity index (χ4v) is 2.59. The lowest BCUT2D eigenvalue weighted by Crippen LogP contribution is -2.18. The molecule has 2 unspecified atom stereocenters. The van der Waals surface area contributed by atoms with Gasteiger partial charge in [0.2, 0.25) is 0 Å². The second-order valence-corrected chi connectivity index (χ2v) is 5.06. The largest absolute Gasteiger partial charge is 0.508 e. The first-order valence-electron chi connectivity index (χ1n) is 4.87. The molecule has 0 saturated heterocycles. The van der Waals surface area contributed by atoms with E-state index in [0.29, 0.717) is 18.2 Å². The van der Waals surface area contributed by atoms with E-state index in [0.717, 1.165) is 17.5 Å². The second kappa shape index (κ2) is 4.73. The first-order valence-corrected chi connectivity index (χ1v) is 6.32. The third kappa shape index (κ3) is 2.30. The Balaban J connectivity index is 2.36. The van der Waals surface area contributed by atoms with Crippen LogP contribution in [-0.2, 0) is 4.74 Å². The van der Waals surface area contributed by atoms with Gasteiger partial charge >= 0.3 is 0 Å². The molecule has 1 N–H and O–H groups in total. The maximum atomic E-state index is 9.43. The minimum absolute atomic E-state index is 0.0619. The number of alkyl halides is 2. The van der Waals surface area contributed by atoms with Crippen LogP contribution in [-0.4, -0.2) is 17.6 Å². The standard InChI is InChI=1S/C11H12BrClO2/c12-10-6-15-11(3-4-13)8-2-1-7(14)5-9(8)10/h1-2,5,10-11,14H,3-4,6H2. The fourth-order valence-electron chi connectivity index (χ4n) is 1.84. The maximum absolute atomic E-state index is 9.43. The molecule has 1 heterocycles. The predicted octanol–water partition coefficient (Wildman–Crippen LogP) is 3.53. The number of rotatable bonds is 2. The molecule has 0 spiro atoms. The van der Waals surface area contributed by atoms with Crippen LogP contribution in [0.4, 0.5) is 0 Å². The normalized spacial score (nSPS) is 24.9. The molecule has 0 fully saturated rings. The Morgan fingerprint density at radius 1 is 1.47 bits per heavy atom. The van der Waals surface area contributed by atoms with Crippen molar-refractivity contribution in [3.05, 3.63) is 29.3 Å². The first-order chi connectivity index (χ1) is 7.22. The lowest BCUT2D eigenvalue weighted by atomic mass is 9.96. The molecular weight excluding hydrogens is 279 g/mol. The van der Waals surface area contributed by atoms with Crippen LogP contribution >= 0.6 is 27.5 Å². The zero-order valence-corrected chi connectivity index (χ0v) is 10.5. The topological polar surface area (TPSA) is 29.5 Å². The van der Waals surface area contributed by atoms with E-state index in [1.165, 1.54) is 0 Å². The summed E-state index contributed by atoms with van der Waals surface area (Å²) >= 11 is 9.26. The van der Waals surface area contributed by atoms with Crippen molar-refractivity contribution in [3.63, 3.8) is 0 Å². The molecule has 2 atom stereocenters. The Bertz CT molecular complexity index is 356. The molecule has 0 radical (unpaired) electrons. The fraction of sp³-hybridized carbons (Fsp3) is 0.455. The van der Waals surface area contributed by atoms with Gasteiger partial charge in [0.1, 0.15) is 5.75 Å². The average molecular weight is 292 g/mol. The molecule has 2 rings (SSSR count). The van der Waals surface area contributed by atoms with Gasteiger partial charge in [-0.05, 0) is 29.7 Å². The summed E-state index contributed by atoms with van der Waals surface area (Å²) in [5.41, 5.74) is 2.23. The molecule has 0 bridgehead atoms. The molecule has 1 aliphatic heterocycles. The van der Waals surface area contributed by atoms with Gasteiger partial charge in [0, 0.05) is 5.88 Å². The number of halogens is 2. The Hall–Kier alpha value is -0.250. The summed E-state index contributed by atoms with van der Waals surface area (Å²) < 4.78 is 5.68. The average Bonchev–Trinajstić information content (AvgIpc) is 2.23. The Morgan fingerprint density at radius 3 is 3.00 bits per heavy atom.